The van der Waals surface area contributed by atoms with E-state index in [1.807, 2.05) is 0 Å². The summed E-state index contributed by atoms with van der Waals surface area (Å²) >= 11 is 11.0. The lowest BCUT2D eigenvalue weighted by atomic mass is 9.49. The standard InChI is InChI=1S/C19H22ClN3O3S/c20-15-2-1-14(6-16(15)23(25)26)21-18(27)22-17(24)10-19-7-11-3-12(8-19)5-13(4-11)9-19/h1-2,6,11-13H,3-5,7-10H2,(H2,21,22,24,27). The van der Waals surface area contributed by atoms with Crippen LogP contribution in [-0.2, 0) is 4.79 Å². The fourth-order valence-corrected chi connectivity index (χ4v) is 6.33. The van der Waals surface area contributed by atoms with Gasteiger partial charge in [-0.25, -0.2) is 0 Å². The summed E-state index contributed by atoms with van der Waals surface area (Å²) in [6.45, 7) is 0. The van der Waals surface area contributed by atoms with Crippen molar-refractivity contribution in [2.24, 2.45) is 23.2 Å². The molecule has 2 N–H and O–H groups in total. The van der Waals surface area contributed by atoms with Gasteiger partial charge in [0.25, 0.3) is 5.69 Å². The van der Waals surface area contributed by atoms with Crippen LogP contribution in [0.1, 0.15) is 44.9 Å². The summed E-state index contributed by atoms with van der Waals surface area (Å²) in [5, 5.41) is 16.8. The van der Waals surface area contributed by atoms with Crippen molar-refractivity contribution in [3.05, 3.63) is 33.3 Å². The van der Waals surface area contributed by atoms with Crippen molar-refractivity contribution in [1.82, 2.24) is 5.32 Å². The highest BCUT2D eigenvalue weighted by atomic mass is 35.5. The molecule has 1 aromatic rings. The van der Waals surface area contributed by atoms with Gasteiger partial charge in [-0.2, -0.15) is 0 Å². The number of benzene rings is 1. The molecule has 0 radical (unpaired) electrons. The highest BCUT2D eigenvalue weighted by Gasteiger charge is 2.51. The minimum atomic E-state index is -0.553. The van der Waals surface area contributed by atoms with Crippen molar-refractivity contribution in [3.8, 4) is 0 Å². The maximum absolute atomic E-state index is 12.6. The van der Waals surface area contributed by atoms with E-state index < -0.39 is 4.92 Å². The molecule has 0 saturated heterocycles. The molecule has 4 aliphatic rings. The molecule has 27 heavy (non-hydrogen) atoms. The van der Waals surface area contributed by atoms with Gasteiger partial charge in [0, 0.05) is 18.2 Å². The van der Waals surface area contributed by atoms with E-state index in [1.165, 1.54) is 31.4 Å². The number of nitro benzene ring substituents is 1. The Labute approximate surface area is 168 Å². The number of halogens is 1. The van der Waals surface area contributed by atoms with Gasteiger partial charge >= 0.3 is 0 Å². The van der Waals surface area contributed by atoms with Gasteiger partial charge in [0.15, 0.2) is 5.11 Å². The van der Waals surface area contributed by atoms with Crippen LogP contribution in [-0.4, -0.2) is 15.9 Å². The molecule has 0 unspecified atom stereocenters. The lowest BCUT2D eigenvalue weighted by molar-refractivity contribution is -0.384. The normalized spacial score (nSPS) is 30.8. The molecule has 144 valence electrons. The zero-order valence-corrected chi connectivity index (χ0v) is 16.4. The number of nitro groups is 1. The zero-order valence-electron chi connectivity index (χ0n) is 14.9. The van der Waals surface area contributed by atoms with E-state index in [1.54, 1.807) is 6.07 Å². The average molecular weight is 408 g/mol. The predicted molar refractivity (Wildman–Crippen MR) is 108 cm³/mol. The second kappa shape index (κ2) is 7.02. The van der Waals surface area contributed by atoms with Crippen molar-refractivity contribution in [3.63, 3.8) is 0 Å². The highest BCUT2D eigenvalue weighted by Crippen LogP contribution is 2.61. The molecule has 5 rings (SSSR count). The van der Waals surface area contributed by atoms with Gasteiger partial charge in [0.05, 0.1) is 4.92 Å². The highest BCUT2D eigenvalue weighted by molar-refractivity contribution is 7.80. The summed E-state index contributed by atoms with van der Waals surface area (Å²) in [4.78, 5) is 23.0. The molecule has 0 heterocycles. The number of nitrogens with zero attached hydrogens (tertiary/aromatic N) is 1. The van der Waals surface area contributed by atoms with Crippen LogP contribution in [0.15, 0.2) is 18.2 Å². The second-order valence-electron chi connectivity index (χ2n) is 8.52. The van der Waals surface area contributed by atoms with Crippen LogP contribution in [0.4, 0.5) is 11.4 Å². The predicted octanol–water partition coefficient (Wildman–Crippen LogP) is 4.67. The first-order valence-electron chi connectivity index (χ1n) is 9.37. The summed E-state index contributed by atoms with van der Waals surface area (Å²) in [5.74, 6) is 2.31. The number of rotatable bonds is 4. The molecule has 4 bridgehead atoms. The molecule has 0 spiro atoms. The van der Waals surface area contributed by atoms with Crippen molar-refractivity contribution in [2.75, 3.05) is 5.32 Å². The fourth-order valence-electron chi connectivity index (χ4n) is 5.91. The molecule has 1 aromatic carbocycles. The van der Waals surface area contributed by atoms with Crippen molar-refractivity contribution >= 4 is 46.2 Å². The third kappa shape index (κ3) is 3.94. The molecule has 0 atom stereocenters. The third-order valence-electron chi connectivity index (χ3n) is 6.35. The van der Waals surface area contributed by atoms with Crippen LogP contribution in [0.25, 0.3) is 0 Å². The summed E-state index contributed by atoms with van der Waals surface area (Å²) in [5.41, 5.74) is 0.364. The third-order valence-corrected chi connectivity index (χ3v) is 6.88. The Kier molecular flexibility index (Phi) is 4.84. The topological polar surface area (TPSA) is 84.3 Å². The molecule has 6 nitrogen and oxygen atoms in total. The van der Waals surface area contributed by atoms with Gasteiger partial charge in [-0.15, -0.1) is 0 Å². The Hall–Kier alpha value is -1.73. The van der Waals surface area contributed by atoms with Gasteiger partial charge in [0.1, 0.15) is 5.02 Å². The summed E-state index contributed by atoms with van der Waals surface area (Å²) in [6.07, 6.45) is 8.03. The first-order chi connectivity index (χ1) is 12.8. The summed E-state index contributed by atoms with van der Waals surface area (Å²) < 4.78 is 0. The molecule has 8 heteroatoms. The Morgan fingerprint density at radius 2 is 1.81 bits per heavy atom. The van der Waals surface area contributed by atoms with Gasteiger partial charge in [-0.3, -0.25) is 14.9 Å². The number of thiocarbonyl (C=S) groups is 1. The minimum absolute atomic E-state index is 0.0577. The van der Waals surface area contributed by atoms with Crippen LogP contribution in [0.2, 0.25) is 5.02 Å². The number of anilines is 1. The maximum atomic E-state index is 12.6. The Balaban J connectivity index is 1.35. The van der Waals surface area contributed by atoms with Crippen LogP contribution in [0.5, 0.6) is 0 Å². The van der Waals surface area contributed by atoms with Crippen LogP contribution in [0, 0.1) is 33.3 Å². The zero-order chi connectivity index (χ0) is 19.2. The summed E-state index contributed by atoms with van der Waals surface area (Å²) in [7, 11) is 0. The maximum Gasteiger partial charge on any atom is 0.289 e. The van der Waals surface area contributed by atoms with Crippen molar-refractivity contribution in [1.29, 1.82) is 0 Å². The van der Waals surface area contributed by atoms with Gasteiger partial charge in [-0.05, 0) is 86.0 Å². The van der Waals surface area contributed by atoms with E-state index >= 15 is 0 Å². The molecule has 0 aliphatic heterocycles. The Morgan fingerprint density at radius 1 is 1.22 bits per heavy atom. The Morgan fingerprint density at radius 3 is 2.37 bits per heavy atom. The number of carbonyl (C=O) groups is 1. The minimum Gasteiger partial charge on any atom is -0.332 e. The van der Waals surface area contributed by atoms with E-state index in [0.29, 0.717) is 12.1 Å². The monoisotopic (exact) mass is 407 g/mol. The van der Waals surface area contributed by atoms with Crippen LogP contribution >= 0.6 is 23.8 Å². The molecule has 4 fully saturated rings. The molecule has 4 aliphatic carbocycles. The molecular formula is C19H22ClN3O3S. The molecule has 4 saturated carbocycles. The number of hydrogen-bond acceptors (Lipinski definition) is 4. The lowest BCUT2D eigenvalue weighted by Gasteiger charge is -2.56. The lowest BCUT2D eigenvalue weighted by Crippen LogP contribution is -2.48. The number of carbonyl (C=O) groups excluding carboxylic acids is 1. The van der Waals surface area contributed by atoms with Gasteiger partial charge in [-0.1, -0.05) is 11.6 Å². The van der Waals surface area contributed by atoms with E-state index in [-0.39, 0.29) is 27.1 Å². The Bertz CT molecular complexity index is 778. The van der Waals surface area contributed by atoms with E-state index in [4.69, 9.17) is 23.8 Å². The van der Waals surface area contributed by atoms with E-state index in [0.717, 1.165) is 37.0 Å². The first-order valence-corrected chi connectivity index (χ1v) is 10.2. The molecule has 1 amide bonds. The van der Waals surface area contributed by atoms with Gasteiger partial charge < -0.3 is 10.6 Å². The fraction of sp³-hybridized carbons (Fsp3) is 0.579. The van der Waals surface area contributed by atoms with Crippen LogP contribution < -0.4 is 10.6 Å². The molecular weight excluding hydrogens is 386 g/mol. The number of nitrogens with one attached hydrogen (secondary N) is 2. The van der Waals surface area contributed by atoms with Gasteiger partial charge in [0.2, 0.25) is 5.91 Å². The van der Waals surface area contributed by atoms with Crippen molar-refractivity contribution < 1.29 is 9.72 Å². The van der Waals surface area contributed by atoms with Crippen LogP contribution in [0.3, 0.4) is 0 Å². The summed E-state index contributed by atoms with van der Waals surface area (Å²) in [6, 6.07) is 4.33. The SMILES string of the molecule is O=C(CC12CC3CC(CC(C3)C1)C2)NC(=S)Nc1ccc(Cl)c([N+](=O)[O-])c1. The van der Waals surface area contributed by atoms with E-state index in [2.05, 4.69) is 10.6 Å². The van der Waals surface area contributed by atoms with Crippen molar-refractivity contribution in [2.45, 2.75) is 44.9 Å². The smallest absolute Gasteiger partial charge is 0.289 e. The number of amides is 1. The van der Waals surface area contributed by atoms with E-state index in [9.17, 15) is 14.9 Å². The number of hydrogen-bond donors (Lipinski definition) is 2. The second-order valence-corrected chi connectivity index (χ2v) is 9.34. The average Bonchev–Trinajstić information content (AvgIpc) is 2.54. The quantitative estimate of drug-likeness (QED) is 0.430. The first kappa shape index (κ1) is 18.6. The molecule has 0 aromatic heterocycles. The largest absolute Gasteiger partial charge is 0.332 e.